The molecular formula is C27H28N2O5S. The summed E-state index contributed by atoms with van der Waals surface area (Å²) in [4.78, 5) is 11.0. The van der Waals surface area contributed by atoms with Crippen molar-refractivity contribution in [2.24, 2.45) is 0 Å². The van der Waals surface area contributed by atoms with Crippen LogP contribution in [-0.2, 0) is 15.0 Å². The van der Waals surface area contributed by atoms with Crippen molar-refractivity contribution in [3.63, 3.8) is 0 Å². The SMILES string of the molecule is COc1ccc2cc(C#Cc3ccc(C4CCN(S(=O)(=O)NC(C)C(=O)O)CC4)cc3)ccc2c1. The van der Waals surface area contributed by atoms with Gasteiger partial charge in [-0.15, -0.1) is 0 Å². The minimum Gasteiger partial charge on any atom is -0.497 e. The zero-order valence-electron chi connectivity index (χ0n) is 19.7. The van der Waals surface area contributed by atoms with Gasteiger partial charge in [-0.1, -0.05) is 36.1 Å². The van der Waals surface area contributed by atoms with E-state index in [1.54, 1.807) is 7.11 Å². The molecule has 1 saturated heterocycles. The quantitative estimate of drug-likeness (QED) is 0.511. The van der Waals surface area contributed by atoms with Crippen molar-refractivity contribution in [3.05, 3.63) is 77.4 Å². The average Bonchev–Trinajstić information content (AvgIpc) is 2.87. The van der Waals surface area contributed by atoms with E-state index in [4.69, 9.17) is 9.84 Å². The predicted octanol–water partition coefficient (Wildman–Crippen LogP) is 3.74. The Morgan fingerprint density at radius 1 is 1.00 bits per heavy atom. The van der Waals surface area contributed by atoms with E-state index in [9.17, 15) is 13.2 Å². The van der Waals surface area contributed by atoms with E-state index in [2.05, 4.69) is 34.8 Å². The first-order valence-electron chi connectivity index (χ1n) is 11.4. The third-order valence-corrected chi connectivity index (χ3v) is 7.97. The molecule has 3 aromatic carbocycles. The molecule has 182 valence electrons. The number of hydrogen-bond acceptors (Lipinski definition) is 4. The van der Waals surface area contributed by atoms with Crippen molar-refractivity contribution < 1.29 is 23.1 Å². The molecule has 1 heterocycles. The molecule has 1 fully saturated rings. The molecule has 7 nitrogen and oxygen atoms in total. The van der Waals surface area contributed by atoms with Crippen LogP contribution in [0.2, 0.25) is 0 Å². The number of carboxylic acid groups (broad SMARTS) is 1. The van der Waals surface area contributed by atoms with Crippen molar-refractivity contribution in [2.75, 3.05) is 20.2 Å². The van der Waals surface area contributed by atoms with Crippen LogP contribution in [0.3, 0.4) is 0 Å². The van der Waals surface area contributed by atoms with Gasteiger partial charge in [-0.05, 0) is 78.4 Å². The van der Waals surface area contributed by atoms with Gasteiger partial charge in [0.25, 0.3) is 10.2 Å². The summed E-state index contributed by atoms with van der Waals surface area (Å²) in [5.41, 5.74) is 3.00. The highest BCUT2D eigenvalue weighted by Gasteiger charge is 2.30. The van der Waals surface area contributed by atoms with Crippen molar-refractivity contribution in [1.29, 1.82) is 0 Å². The molecule has 35 heavy (non-hydrogen) atoms. The number of nitrogens with zero attached hydrogens (tertiary/aromatic N) is 1. The summed E-state index contributed by atoms with van der Waals surface area (Å²) >= 11 is 0. The van der Waals surface area contributed by atoms with Gasteiger partial charge in [-0.2, -0.15) is 17.4 Å². The average molecular weight is 493 g/mol. The van der Waals surface area contributed by atoms with Crippen LogP contribution >= 0.6 is 0 Å². The summed E-state index contributed by atoms with van der Waals surface area (Å²) in [6.07, 6.45) is 1.35. The van der Waals surface area contributed by atoms with E-state index >= 15 is 0 Å². The van der Waals surface area contributed by atoms with Crippen LogP contribution < -0.4 is 9.46 Å². The van der Waals surface area contributed by atoms with Crippen LogP contribution in [0.5, 0.6) is 5.75 Å². The lowest BCUT2D eigenvalue weighted by Gasteiger charge is -2.31. The second-order valence-corrected chi connectivity index (χ2v) is 10.4. The topological polar surface area (TPSA) is 95.9 Å². The molecule has 0 aromatic heterocycles. The van der Waals surface area contributed by atoms with E-state index in [0.29, 0.717) is 25.9 Å². The first-order valence-corrected chi connectivity index (χ1v) is 12.9. The number of aliphatic carboxylic acids is 1. The molecule has 3 aromatic rings. The minimum atomic E-state index is -3.81. The lowest BCUT2D eigenvalue weighted by Crippen LogP contribution is -2.49. The van der Waals surface area contributed by atoms with Crippen LogP contribution in [0.25, 0.3) is 10.8 Å². The number of piperidine rings is 1. The molecule has 1 aliphatic heterocycles. The maximum atomic E-state index is 12.4. The zero-order chi connectivity index (χ0) is 25.0. The van der Waals surface area contributed by atoms with Gasteiger partial charge < -0.3 is 9.84 Å². The lowest BCUT2D eigenvalue weighted by molar-refractivity contribution is -0.138. The molecule has 2 N–H and O–H groups in total. The monoisotopic (exact) mass is 492 g/mol. The molecule has 0 spiro atoms. The fourth-order valence-electron chi connectivity index (χ4n) is 4.19. The van der Waals surface area contributed by atoms with Gasteiger partial charge >= 0.3 is 5.97 Å². The molecular weight excluding hydrogens is 464 g/mol. The molecule has 0 saturated carbocycles. The number of carboxylic acids is 1. The first-order chi connectivity index (χ1) is 16.7. The van der Waals surface area contributed by atoms with Gasteiger partial charge in [0.1, 0.15) is 11.8 Å². The van der Waals surface area contributed by atoms with Crippen molar-refractivity contribution in [2.45, 2.75) is 31.7 Å². The Labute approximate surface area is 205 Å². The van der Waals surface area contributed by atoms with Gasteiger partial charge in [-0.25, -0.2) is 0 Å². The maximum Gasteiger partial charge on any atom is 0.321 e. The fraction of sp³-hybridized carbons (Fsp3) is 0.296. The molecule has 1 atom stereocenters. The smallest absolute Gasteiger partial charge is 0.321 e. The lowest BCUT2D eigenvalue weighted by atomic mass is 9.90. The van der Waals surface area contributed by atoms with Gasteiger partial charge in [0.05, 0.1) is 7.11 Å². The largest absolute Gasteiger partial charge is 0.497 e. The molecule has 0 bridgehead atoms. The number of ether oxygens (including phenoxy) is 1. The Bertz CT molecular complexity index is 1380. The summed E-state index contributed by atoms with van der Waals surface area (Å²) in [7, 11) is -2.16. The highest BCUT2D eigenvalue weighted by molar-refractivity contribution is 7.87. The molecule has 0 amide bonds. The summed E-state index contributed by atoms with van der Waals surface area (Å²) < 4.78 is 33.6. The Balaban J connectivity index is 1.38. The predicted molar refractivity (Wildman–Crippen MR) is 136 cm³/mol. The Morgan fingerprint density at radius 3 is 2.26 bits per heavy atom. The zero-order valence-corrected chi connectivity index (χ0v) is 20.5. The highest BCUT2D eigenvalue weighted by atomic mass is 32.2. The second-order valence-electron chi connectivity index (χ2n) is 8.66. The van der Waals surface area contributed by atoms with E-state index in [0.717, 1.165) is 33.2 Å². The number of methoxy groups -OCH3 is 1. The Hall–Kier alpha value is -3.38. The summed E-state index contributed by atoms with van der Waals surface area (Å²) in [6.45, 7) is 2.01. The second kappa shape index (κ2) is 10.5. The normalized spacial score (nSPS) is 15.8. The molecule has 1 aliphatic rings. The summed E-state index contributed by atoms with van der Waals surface area (Å²) in [6, 6.07) is 19.0. The third-order valence-electron chi connectivity index (χ3n) is 6.27. The number of nitrogens with one attached hydrogen (secondary N) is 1. The van der Waals surface area contributed by atoms with Gasteiger partial charge in [0, 0.05) is 24.2 Å². The Morgan fingerprint density at radius 2 is 1.60 bits per heavy atom. The molecule has 0 aliphatic carbocycles. The Kier molecular flexibility index (Phi) is 7.41. The van der Waals surface area contributed by atoms with E-state index in [1.807, 2.05) is 42.5 Å². The van der Waals surface area contributed by atoms with Crippen molar-refractivity contribution in [1.82, 2.24) is 9.03 Å². The number of benzene rings is 3. The number of rotatable bonds is 6. The van der Waals surface area contributed by atoms with E-state index in [-0.39, 0.29) is 5.92 Å². The van der Waals surface area contributed by atoms with E-state index < -0.39 is 22.2 Å². The van der Waals surface area contributed by atoms with Crippen molar-refractivity contribution in [3.8, 4) is 17.6 Å². The molecule has 1 unspecified atom stereocenters. The van der Waals surface area contributed by atoms with Crippen LogP contribution in [-0.4, -0.2) is 50.0 Å². The number of fused-ring (bicyclic) bond motifs is 1. The molecule has 8 heteroatoms. The third kappa shape index (κ3) is 6.01. The number of carbonyl (C=O) groups is 1. The highest BCUT2D eigenvalue weighted by Crippen LogP contribution is 2.29. The summed E-state index contributed by atoms with van der Waals surface area (Å²) in [5, 5.41) is 11.2. The van der Waals surface area contributed by atoms with Crippen LogP contribution in [0, 0.1) is 11.8 Å². The fourth-order valence-corrected chi connectivity index (χ4v) is 5.58. The number of hydrogen-bond donors (Lipinski definition) is 2. The first kappa shape index (κ1) is 24.7. The van der Waals surface area contributed by atoms with Crippen LogP contribution in [0.4, 0.5) is 0 Å². The van der Waals surface area contributed by atoms with E-state index in [1.165, 1.54) is 11.2 Å². The standard InChI is InChI=1S/C27H28N2O5S/c1-19(27(30)31)28-35(32,33)29-15-13-23(14-16-29)22-8-5-20(6-9-22)3-4-21-7-10-25-18-26(34-2)12-11-24(25)17-21/h5-12,17-19,23,28H,13-16H2,1-2H3,(H,30,31). The summed E-state index contributed by atoms with van der Waals surface area (Å²) in [5.74, 6) is 6.31. The van der Waals surface area contributed by atoms with Gasteiger partial charge in [-0.3, -0.25) is 4.79 Å². The molecule has 4 rings (SSSR count). The van der Waals surface area contributed by atoms with Gasteiger partial charge in [0.2, 0.25) is 0 Å². The van der Waals surface area contributed by atoms with Crippen LogP contribution in [0.15, 0.2) is 60.7 Å². The van der Waals surface area contributed by atoms with Crippen molar-refractivity contribution >= 4 is 27.0 Å². The minimum absolute atomic E-state index is 0.248. The van der Waals surface area contributed by atoms with Crippen LogP contribution in [0.1, 0.15) is 42.4 Å². The maximum absolute atomic E-state index is 12.4. The molecule has 0 radical (unpaired) electrons. The van der Waals surface area contributed by atoms with Gasteiger partial charge in [0.15, 0.2) is 0 Å².